The summed E-state index contributed by atoms with van der Waals surface area (Å²) in [6.07, 6.45) is 3.07. The molecule has 0 aromatic heterocycles. The van der Waals surface area contributed by atoms with E-state index in [0.717, 1.165) is 64.1 Å². The smallest absolute Gasteiger partial charge is 0.410 e. The predicted octanol–water partition coefficient (Wildman–Crippen LogP) is 2.47. The third kappa shape index (κ3) is 3.90. The Kier molecular flexibility index (Phi) is 5.74. The third-order valence-corrected chi connectivity index (χ3v) is 5.60. The van der Waals surface area contributed by atoms with Crippen molar-refractivity contribution in [3.8, 4) is 0 Å². The van der Waals surface area contributed by atoms with Crippen LogP contribution < -0.4 is 5.32 Å². The molecule has 0 unspecified atom stereocenters. The summed E-state index contributed by atoms with van der Waals surface area (Å²) in [6, 6.07) is 9.86. The van der Waals surface area contributed by atoms with Crippen LogP contribution in [0, 0.1) is 0 Å². The van der Waals surface area contributed by atoms with Crippen LogP contribution in [-0.4, -0.2) is 60.7 Å². The molecule has 1 aromatic rings. The summed E-state index contributed by atoms with van der Waals surface area (Å²) in [5.41, 5.74) is 1.30. The molecule has 2 heterocycles. The van der Waals surface area contributed by atoms with Gasteiger partial charge in [-0.3, -0.25) is 4.90 Å². The Morgan fingerprint density at radius 3 is 2.42 bits per heavy atom. The number of likely N-dealkylation sites (tertiary alicyclic amines) is 1. The summed E-state index contributed by atoms with van der Waals surface area (Å²) in [4.78, 5) is 16.8. The van der Waals surface area contributed by atoms with Gasteiger partial charge in [0.1, 0.15) is 6.61 Å². The number of hydrogen-bond donors (Lipinski definition) is 1. The predicted molar refractivity (Wildman–Crippen MR) is 94.9 cm³/mol. The largest absolute Gasteiger partial charge is 0.445 e. The van der Waals surface area contributed by atoms with Gasteiger partial charge in [0.15, 0.2) is 0 Å². The van der Waals surface area contributed by atoms with Crippen molar-refractivity contribution < 1.29 is 9.53 Å². The third-order valence-electron chi connectivity index (χ3n) is 5.60. The Morgan fingerprint density at radius 1 is 1.12 bits per heavy atom. The Labute approximate surface area is 145 Å². The molecule has 0 saturated carbocycles. The molecule has 24 heavy (non-hydrogen) atoms. The topological polar surface area (TPSA) is 44.8 Å². The van der Waals surface area contributed by atoms with Crippen molar-refractivity contribution in [3.63, 3.8) is 0 Å². The van der Waals surface area contributed by atoms with E-state index in [2.05, 4.69) is 17.1 Å². The van der Waals surface area contributed by atoms with Crippen LogP contribution in [0.1, 0.15) is 31.7 Å². The summed E-state index contributed by atoms with van der Waals surface area (Å²) in [5, 5.41) is 3.43. The molecular formula is C19H29N3O2. The fraction of sp³-hybridized carbons (Fsp3) is 0.632. The number of piperazine rings is 1. The van der Waals surface area contributed by atoms with E-state index in [1.165, 1.54) is 0 Å². The maximum Gasteiger partial charge on any atom is 0.410 e. The van der Waals surface area contributed by atoms with Crippen LogP contribution in [0.2, 0.25) is 0 Å². The van der Waals surface area contributed by atoms with Gasteiger partial charge in [0.05, 0.1) is 0 Å². The number of benzene rings is 1. The van der Waals surface area contributed by atoms with Gasteiger partial charge >= 0.3 is 6.09 Å². The van der Waals surface area contributed by atoms with Crippen molar-refractivity contribution in [2.75, 3.05) is 39.3 Å². The molecule has 0 radical (unpaired) electrons. The first-order chi connectivity index (χ1) is 11.7. The number of carbonyl (C=O) groups is 1. The van der Waals surface area contributed by atoms with Gasteiger partial charge in [0.2, 0.25) is 0 Å². The highest BCUT2D eigenvalue weighted by Gasteiger charge is 2.39. The van der Waals surface area contributed by atoms with E-state index in [9.17, 15) is 4.79 Å². The lowest BCUT2D eigenvalue weighted by molar-refractivity contribution is 0.00630. The van der Waals surface area contributed by atoms with Crippen LogP contribution >= 0.6 is 0 Å². The second kappa shape index (κ2) is 7.99. The summed E-state index contributed by atoms with van der Waals surface area (Å²) in [6.45, 7) is 8.61. The fourth-order valence-electron chi connectivity index (χ4n) is 3.95. The quantitative estimate of drug-likeness (QED) is 0.921. The van der Waals surface area contributed by atoms with Gasteiger partial charge in [-0.05, 0) is 24.8 Å². The Balaban J connectivity index is 1.50. The van der Waals surface area contributed by atoms with Crippen molar-refractivity contribution in [2.45, 2.75) is 38.3 Å². The second-order valence-electron chi connectivity index (χ2n) is 6.84. The first-order valence-corrected chi connectivity index (χ1v) is 9.15. The lowest BCUT2D eigenvalue weighted by Crippen LogP contribution is -2.60. The number of nitrogens with one attached hydrogen (secondary N) is 1. The monoisotopic (exact) mass is 331 g/mol. The molecule has 5 heteroatoms. The second-order valence-corrected chi connectivity index (χ2v) is 6.84. The van der Waals surface area contributed by atoms with Gasteiger partial charge in [-0.15, -0.1) is 0 Å². The Bertz CT molecular complexity index is 521. The molecule has 2 aliphatic heterocycles. The highest BCUT2D eigenvalue weighted by Crippen LogP contribution is 2.32. The molecule has 5 nitrogen and oxygen atoms in total. The number of nitrogens with zero attached hydrogens (tertiary/aromatic N) is 2. The molecule has 0 aliphatic carbocycles. The van der Waals surface area contributed by atoms with Crippen molar-refractivity contribution in [1.29, 1.82) is 0 Å². The lowest BCUT2D eigenvalue weighted by atomic mass is 9.83. The van der Waals surface area contributed by atoms with E-state index in [0.29, 0.717) is 6.61 Å². The summed E-state index contributed by atoms with van der Waals surface area (Å²) >= 11 is 0. The summed E-state index contributed by atoms with van der Waals surface area (Å²) < 4.78 is 5.48. The number of ether oxygens (including phenoxy) is 1. The number of amides is 1. The number of rotatable bonds is 4. The van der Waals surface area contributed by atoms with Crippen LogP contribution in [0.25, 0.3) is 0 Å². The number of carbonyl (C=O) groups excluding carboxylic acids is 1. The van der Waals surface area contributed by atoms with Gasteiger partial charge in [-0.1, -0.05) is 37.3 Å². The Morgan fingerprint density at radius 2 is 1.79 bits per heavy atom. The summed E-state index contributed by atoms with van der Waals surface area (Å²) in [7, 11) is 0. The maximum atomic E-state index is 12.3. The van der Waals surface area contributed by atoms with Crippen LogP contribution in [0.5, 0.6) is 0 Å². The van der Waals surface area contributed by atoms with E-state index >= 15 is 0 Å². The highest BCUT2D eigenvalue weighted by molar-refractivity contribution is 5.67. The van der Waals surface area contributed by atoms with Crippen molar-refractivity contribution in [1.82, 2.24) is 15.1 Å². The molecule has 2 aliphatic rings. The van der Waals surface area contributed by atoms with Gasteiger partial charge in [0, 0.05) is 44.8 Å². The zero-order chi connectivity index (χ0) is 16.8. The van der Waals surface area contributed by atoms with Crippen LogP contribution in [0.3, 0.4) is 0 Å². The summed E-state index contributed by atoms with van der Waals surface area (Å²) in [5.74, 6) is 0. The standard InChI is InChI=1S/C19H29N3O2/c1-2-19(22-14-10-20-11-15-22)8-12-21(13-9-19)18(23)24-16-17-6-4-3-5-7-17/h3-7,20H,2,8-16H2,1H3. The van der Waals surface area contributed by atoms with Crippen LogP contribution in [0.15, 0.2) is 30.3 Å². The number of hydrogen-bond acceptors (Lipinski definition) is 4. The SMILES string of the molecule is CCC1(N2CCNCC2)CCN(C(=O)OCc2ccccc2)CC1. The molecule has 3 rings (SSSR count). The molecular weight excluding hydrogens is 302 g/mol. The molecule has 1 N–H and O–H groups in total. The molecule has 1 amide bonds. The molecule has 2 saturated heterocycles. The average molecular weight is 331 g/mol. The van der Waals surface area contributed by atoms with Gasteiger partial charge in [-0.25, -0.2) is 4.79 Å². The average Bonchev–Trinajstić information content (AvgIpc) is 2.67. The zero-order valence-corrected chi connectivity index (χ0v) is 14.7. The first kappa shape index (κ1) is 17.2. The van der Waals surface area contributed by atoms with E-state index in [4.69, 9.17) is 4.74 Å². The first-order valence-electron chi connectivity index (χ1n) is 9.15. The maximum absolute atomic E-state index is 12.3. The van der Waals surface area contributed by atoms with Crippen molar-refractivity contribution >= 4 is 6.09 Å². The minimum atomic E-state index is -0.177. The number of piperidine rings is 1. The fourth-order valence-corrected chi connectivity index (χ4v) is 3.95. The lowest BCUT2D eigenvalue weighted by Gasteiger charge is -2.49. The normalized spacial score (nSPS) is 21.5. The molecule has 2 fully saturated rings. The molecule has 132 valence electrons. The minimum Gasteiger partial charge on any atom is -0.445 e. The van der Waals surface area contributed by atoms with Gasteiger partial charge in [0.25, 0.3) is 0 Å². The minimum absolute atomic E-state index is 0.177. The van der Waals surface area contributed by atoms with Crippen molar-refractivity contribution in [3.05, 3.63) is 35.9 Å². The van der Waals surface area contributed by atoms with E-state index in [1.54, 1.807) is 0 Å². The molecule has 0 bridgehead atoms. The van der Waals surface area contributed by atoms with Gasteiger partial charge in [-0.2, -0.15) is 0 Å². The van der Waals surface area contributed by atoms with E-state index in [1.807, 2.05) is 35.2 Å². The van der Waals surface area contributed by atoms with E-state index < -0.39 is 0 Å². The molecule has 0 atom stereocenters. The van der Waals surface area contributed by atoms with Crippen LogP contribution in [0.4, 0.5) is 4.79 Å². The Hall–Kier alpha value is -1.59. The molecule has 0 spiro atoms. The zero-order valence-electron chi connectivity index (χ0n) is 14.7. The van der Waals surface area contributed by atoms with Crippen molar-refractivity contribution in [2.24, 2.45) is 0 Å². The molecule has 1 aromatic carbocycles. The van der Waals surface area contributed by atoms with Gasteiger partial charge < -0.3 is 15.0 Å². The highest BCUT2D eigenvalue weighted by atomic mass is 16.6. The van der Waals surface area contributed by atoms with Crippen LogP contribution in [-0.2, 0) is 11.3 Å². The van der Waals surface area contributed by atoms with E-state index in [-0.39, 0.29) is 11.6 Å².